The highest BCUT2D eigenvalue weighted by atomic mass is 32.1. The molecule has 5 rings (SSSR count). The van der Waals surface area contributed by atoms with E-state index in [0.29, 0.717) is 61.4 Å². The first-order valence-corrected chi connectivity index (χ1v) is 18.3. The summed E-state index contributed by atoms with van der Waals surface area (Å²) in [5, 5.41) is 18.1. The summed E-state index contributed by atoms with van der Waals surface area (Å²) < 4.78 is 12.5. The van der Waals surface area contributed by atoms with Crippen LogP contribution in [0.15, 0.2) is 53.9 Å². The van der Waals surface area contributed by atoms with E-state index in [-0.39, 0.29) is 22.5 Å². The number of anilines is 1. The van der Waals surface area contributed by atoms with E-state index >= 15 is 0 Å². The number of fused-ring (bicyclic) bond motifs is 3. The zero-order chi connectivity index (χ0) is 35.6. The fourth-order valence-corrected chi connectivity index (χ4v) is 7.00. The monoisotopic (exact) mass is 698 g/mol. The maximum Gasteiger partial charge on any atom is 0.355 e. The predicted octanol–water partition coefficient (Wildman–Crippen LogP) is 7.95. The number of aromatic nitrogens is 1. The van der Waals surface area contributed by atoms with E-state index in [1.54, 1.807) is 29.5 Å². The first-order chi connectivity index (χ1) is 24.3. The molecular weight excluding hydrogens is 653 g/mol. The molecule has 50 heavy (non-hydrogen) atoms. The number of benzene rings is 2. The van der Waals surface area contributed by atoms with Crippen LogP contribution in [0.1, 0.15) is 102 Å². The number of ether oxygens (including phenoxy) is 2. The Bertz CT molecular complexity index is 1840. The van der Waals surface area contributed by atoms with E-state index in [9.17, 15) is 19.5 Å². The highest BCUT2D eigenvalue weighted by molar-refractivity contribution is 7.13. The van der Waals surface area contributed by atoms with Gasteiger partial charge in [0.05, 0.1) is 18.9 Å². The molecule has 4 aromatic rings. The van der Waals surface area contributed by atoms with E-state index < -0.39 is 17.8 Å². The number of rotatable bonds is 16. The number of amides is 2. The Morgan fingerprint density at radius 3 is 2.58 bits per heavy atom. The Labute approximate surface area is 297 Å². The van der Waals surface area contributed by atoms with Gasteiger partial charge < -0.3 is 30.9 Å². The lowest BCUT2D eigenvalue weighted by Crippen LogP contribution is -2.25. The summed E-state index contributed by atoms with van der Waals surface area (Å²) in [5.74, 6) is -0.846. The highest BCUT2D eigenvalue weighted by Gasteiger charge is 2.27. The normalized spacial score (nSPS) is 12.6. The van der Waals surface area contributed by atoms with Gasteiger partial charge in [0, 0.05) is 46.6 Å². The molecule has 3 heterocycles. The lowest BCUT2D eigenvalue weighted by atomic mass is 9.93. The predicted molar refractivity (Wildman–Crippen MR) is 197 cm³/mol. The molecule has 0 bridgehead atoms. The summed E-state index contributed by atoms with van der Waals surface area (Å²) in [6.07, 6.45) is 6.92. The summed E-state index contributed by atoms with van der Waals surface area (Å²) in [7, 11) is 0. The number of aromatic carboxylic acids is 1. The molecule has 2 aromatic carbocycles. The minimum absolute atomic E-state index is 0.0262. The average Bonchev–Trinajstić information content (AvgIpc) is 3.53. The molecule has 0 fully saturated rings. The number of unbranched alkanes of at least 4 members (excludes halogenated alkanes) is 2. The first-order valence-electron chi connectivity index (χ1n) is 17.4. The maximum absolute atomic E-state index is 14.4. The number of nitrogens with two attached hydrogens (primary N) is 1. The number of hydrogen-bond acceptors (Lipinski definition) is 8. The third kappa shape index (κ3) is 8.51. The number of thiophene rings is 1. The molecule has 1 atom stereocenters. The van der Waals surface area contributed by atoms with Gasteiger partial charge in [-0.3, -0.25) is 9.59 Å². The highest BCUT2D eigenvalue weighted by Crippen LogP contribution is 2.43. The Morgan fingerprint density at radius 2 is 1.84 bits per heavy atom. The first kappa shape index (κ1) is 36.5. The third-order valence-corrected chi connectivity index (χ3v) is 9.93. The van der Waals surface area contributed by atoms with Gasteiger partial charge in [0.1, 0.15) is 17.2 Å². The molecule has 0 radical (unpaired) electrons. The molecule has 2 aromatic heterocycles. The number of carbonyl (C=O) groups is 3. The Kier molecular flexibility index (Phi) is 12.6. The molecule has 1 unspecified atom stereocenters. The van der Waals surface area contributed by atoms with Gasteiger partial charge in [-0.05, 0) is 77.7 Å². The number of nitrogens with zero attached hydrogens (tertiary/aromatic N) is 1. The van der Waals surface area contributed by atoms with Crippen molar-refractivity contribution in [3.8, 4) is 33.1 Å². The van der Waals surface area contributed by atoms with Crippen molar-refractivity contribution >= 4 is 34.8 Å². The van der Waals surface area contributed by atoms with Crippen LogP contribution in [0.5, 0.6) is 11.5 Å². The van der Waals surface area contributed by atoms with Gasteiger partial charge in [0.25, 0.3) is 11.8 Å². The van der Waals surface area contributed by atoms with Crippen molar-refractivity contribution in [3.63, 3.8) is 0 Å². The van der Waals surface area contributed by atoms with Crippen molar-refractivity contribution in [2.45, 2.75) is 72.3 Å². The van der Waals surface area contributed by atoms with Crippen molar-refractivity contribution in [2.24, 2.45) is 11.7 Å². The number of carboxylic acids is 1. The Balaban J connectivity index is 1.57. The average molecular weight is 699 g/mol. The van der Waals surface area contributed by atoms with Gasteiger partial charge in [-0.1, -0.05) is 52.5 Å². The van der Waals surface area contributed by atoms with Crippen LogP contribution in [0.3, 0.4) is 0 Å². The standard InChI is InChI=1S/C39H46N4O6S/c1-4-7-8-9-24(6-3)23-49-34-19-25(22-40)10-12-31(34)43-37(44)29-20-30-33(48-17-14-26-15-18-50-36(26)30)21-28(29)27-11-13-32(38(45)41-16-5-2)42-35(27)39(46)47/h10-13,15,18-21,24H,4-9,14,16-17,22-23,40H2,1-3H3,(H,41,45)(H,43,44)(H,46,47). The molecular formula is C39H46N4O6S. The Hall–Kier alpha value is -4.74. The third-order valence-electron chi connectivity index (χ3n) is 8.94. The lowest BCUT2D eigenvalue weighted by molar-refractivity contribution is 0.0691. The van der Waals surface area contributed by atoms with E-state index in [1.807, 2.05) is 24.4 Å². The SMILES string of the molecule is CCCCCC(CC)COc1cc(CN)ccc1NC(=O)c1cc2c(cc1-c1ccc(C(=O)NCCC)nc1C(=O)O)OCCc1ccsc1-2. The molecule has 0 spiro atoms. The van der Waals surface area contributed by atoms with Crippen molar-refractivity contribution in [2.75, 3.05) is 25.1 Å². The number of hydrogen-bond donors (Lipinski definition) is 4. The minimum Gasteiger partial charge on any atom is -0.493 e. The van der Waals surface area contributed by atoms with Gasteiger partial charge in [0.2, 0.25) is 0 Å². The minimum atomic E-state index is -1.33. The van der Waals surface area contributed by atoms with Gasteiger partial charge in [-0.25, -0.2) is 9.78 Å². The zero-order valence-electron chi connectivity index (χ0n) is 29.0. The van der Waals surface area contributed by atoms with Crippen LogP contribution in [0.2, 0.25) is 0 Å². The molecule has 5 N–H and O–H groups in total. The van der Waals surface area contributed by atoms with Crippen LogP contribution >= 0.6 is 11.3 Å². The van der Waals surface area contributed by atoms with Crippen LogP contribution in [-0.2, 0) is 13.0 Å². The quantitative estimate of drug-likeness (QED) is 0.0861. The molecule has 10 nitrogen and oxygen atoms in total. The van der Waals surface area contributed by atoms with Gasteiger partial charge >= 0.3 is 5.97 Å². The van der Waals surface area contributed by atoms with E-state index in [1.165, 1.54) is 18.6 Å². The summed E-state index contributed by atoms with van der Waals surface area (Å²) in [4.78, 5) is 45.0. The topological polar surface area (TPSA) is 153 Å². The second-order valence-corrected chi connectivity index (χ2v) is 13.4. The second kappa shape index (κ2) is 17.3. The van der Waals surface area contributed by atoms with Crippen molar-refractivity contribution in [1.82, 2.24) is 10.3 Å². The van der Waals surface area contributed by atoms with Crippen molar-refractivity contribution in [3.05, 3.63) is 82.0 Å². The van der Waals surface area contributed by atoms with E-state index in [2.05, 4.69) is 35.5 Å². The molecule has 0 saturated heterocycles. The van der Waals surface area contributed by atoms with Gasteiger partial charge in [0.15, 0.2) is 5.69 Å². The van der Waals surface area contributed by atoms with Crippen LogP contribution < -0.4 is 25.8 Å². The molecule has 1 aliphatic heterocycles. The van der Waals surface area contributed by atoms with Crippen molar-refractivity contribution in [1.29, 1.82) is 0 Å². The lowest BCUT2D eigenvalue weighted by Gasteiger charge is -2.20. The smallest absolute Gasteiger partial charge is 0.355 e. The molecule has 11 heteroatoms. The van der Waals surface area contributed by atoms with Crippen LogP contribution in [0.25, 0.3) is 21.6 Å². The van der Waals surface area contributed by atoms with Crippen LogP contribution in [0.4, 0.5) is 5.69 Å². The number of carboxylic acid groups (broad SMARTS) is 1. The largest absolute Gasteiger partial charge is 0.493 e. The van der Waals surface area contributed by atoms with Crippen LogP contribution in [0, 0.1) is 5.92 Å². The zero-order valence-corrected chi connectivity index (χ0v) is 29.8. The van der Waals surface area contributed by atoms with E-state index in [0.717, 1.165) is 53.7 Å². The second-order valence-electron chi connectivity index (χ2n) is 12.5. The van der Waals surface area contributed by atoms with Crippen molar-refractivity contribution < 1.29 is 29.0 Å². The fraction of sp³-hybridized carbons (Fsp3) is 0.385. The molecule has 0 saturated carbocycles. The van der Waals surface area contributed by atoms with E-state index in [4.69, 9.17) is 15.2 Å². The molecule has 2 amide bonds. The van der Waals surface area contributed by atoms with Crippen LogP contribution in [-0.4, -0.2) is 47.6 Å². The number of pyridine rings is 1. The van der Waals surface area contributed by atoms with Gasteiger partial charge in [-0.2, -0.15) is 0 Å². The number of nitrogens with one attached hydrogen (secondary N) is 2. The summed E-state index contributed by atoms with van der Waals surface area (Å²) >= 11 is 1.56. The Morgan fingerprint density at radius 1 is 1.00 bits per heavy atom. The fourth-order valence-electron chi connectivity index (χ4n) is 6.02. The number of carbonyl (C=O) groups excluding carboxylic acids is 2. The van der Waals surface area contributed by atoms with Gasteiger partial charge in [-0.15, -0.1) is 11.3 Å². The molecule has 264 valence electrons. The summed E-state index contributed by atoms with van der Waals surface area (Å²) in [5.41, 5.74) is 9.52. The summed E-state index contributed by atoms with van der Waals surface area (Å²) in [6, 6.07) is 14.0. The maximum atomic E-state index is 14.4. The molecule has 0 aliphatic carbocycles. The molecule has 1 aliphatic rings. The summed E-state index contributed by atoms with van der Waals surface area (Å²) in [6.45, 7) is 7.94.